The van der Waals surface area contributed by atoms with Gasteiger partial charge in [-0.1, -0.05) is 44.1 Å². The smallest absolute Gasteiger partial charge is 0.114 e. The molecule has 1 unspecified atom stereocenters. The third kappa shape index (κ3) is 5.97. The molecule has 0 heterocycles. The van der Waals surface area contributed by atoms with E-state index in [2.05, 4.69) is 19.1 Å². The van der Waals surface area contributed by atoms with Gasteiger partial charge in [-0.2, -0.15) is 0 Å². The molecule has 0 aromatic rings. The first-order valence-electron chi connectivity index (χ1n) is 7.96. The second-order valence-electron chi connectivity index (χ2n) is 5.75. The topological polar surface area (TPSA) is 38.7 Å². The van der Waals surface area contributed by atoms with Crippen LogP contribution >= 0.6 is 0 Å². The molecule has 1 fully saturated rings. The molecular weight excluding hydrogens is 263 g/mol. The van der Waals surface area contributed by atoms with Gasteiger partial charge in [0.15, 0.2) is 0 Å². The summed E-state index contributed by atoms with van der Waals surface area (Å²) in [7, 11) is 9.02. The zero-order valence-electron chi connectivity index (χ0n) is 13.6. The van der Waals surface area contributed by atoms with E-state index < -0.39 is 6.00 Å². The molecule has 1 rings (SSSR count). The Morgan fingerprint density at radius 1 is 1.33 bits per heavy atom. The van der Waals surface area contributed by atoms with Crippen molar-refractivity contribution in [2.24, 2.45) is 11.8 Å². The van der Waals surface area contributed by atoms with Crippen LogP contribution in [0.25, 0.3) is 0 Å². The van der Waals surface area contributed by atoms with Gasteiger partial charge in [-0.25, -0.2) is 0 Å². The average Bonchev–Trinajstić information content (AvgIpc) is 2.80. The maximum absolute atomic E-state index is 10.3. The molecule has 0 spiro atoms. The van der Waals surface area contributed by atoms with E-state index in [1.807, 2.05) is 12.2 Å². The van der Waals surface area contributed by atoms with Crippen molar-refractivity contribution in [3.8, 4) is 0 Å². The fraction of sp³-hybridized carbons (Fsp3) is 0.765. The van der Waals surface area contributed by atoms with Crippen LogP contribution in [0.3, 0.4) is 0 Å². The summed E-state index contributed by atoms with van der Waals surface area (Å²) in [5, 5.41) is 10.3. The maximum Gasteiger partial charge on any atom is 0.114 e. The van der Waals surface area contributed by atoms with Crippen molar-refractivity contribution in [2.45, 2.75) is 57.2 Å². The van der Waals surface area contributed by atoms with Crippen molar-refractivity contribution >= 4 is 7.85 Å². The minimum Gasteiger partial charge on any atom is -0.392 e. The van der Waals surface area contributed by atoms with Crippen molar-refractivity contribution in [3.63, 3.8) is 0 Å². The van der Waals surface area contributed by atoms with Crippen LogP contribution in [-0.2, 0) is 9.47 Å². The number of unbranched alkanes of at least 4 members (excludes halogenated alkanes) is 2. The first kappa shape index (κ1) is 18.5. The van der Waals surface area contributed by atoms with Crippen LogP contribution in [0.4, 0.5) is 0 Å². The van der Waals surface area contributed by atoms with Gasteiger partial charge in [-0.05, 0) is 18.8 Å². The average molecular weight is 292 g/mol. The minimum absolute atomic E-state index is 0.0759. The van der Waals surface area contributed by atoms with Gasteiger partial charge in [0.1, 0.15) is 7.85 Å². The van der Waals surface area contributed by atoms with Crippen LogP contribution in [0.2, 0.25) is 0 Å². The third-order valence-electron chi connectivity index (χ3n) is 4.29. The van der Waals surface area contributed by atoms with Crippen molar-refractivity contribution < 1.29 is 14.6 Å². The molecule has 4 heteroatoms. The number of methoxy groups -OCH3 is 2. The lowest BCUT2D eigenvalue weighted by molar-refractivity contribution is 0.0636. The van der Waals surface area contributed by atoms with Crippen LogP contribution in [0.5, 0.6) is 0 Å². The monoisotopic (exact) mass is 292 g/mol. The Morgan fingerprint density at radius 2 is 2.10 bits per heavy atom. The molecule has 21 heavy (non-hydrogen) atoms. The highest BCUT2D eigenvalue weighted by Crippen LogP contribution is 2.37. The van der Waals surface area contributed by atoms with Gasteiger partial charge in [0.05, 0.1) is 12.2 Å². The molecule has 5 atom stereocenters. The predicted octanol–water partition coefficient (Wildman–Crippen LogP) is 2.83. The Labute approximate surface area is 130 Å². The van der Waals surface area contributed by atoms with Gasteiger partial charge < -0.3 is 14.6 Å². The summed E-state index contributed by atoms with van der Waals surface area (Å²) in [5.74, 6) is 0.371. The zero-order valence-corrected chi connectivity index (χ0v) is 13.6. The fourth-order valence-corrected chi connectivity index (χ4v) is 2.96. The molecule has 1 aliphatic carbocycles. The molecule has 0 aromatic heterocycles. The SMILES string of the molecule is [B]C(C=C[C@@H]1[C@@H](C/C=C\CCCC)[C@@H](OC)C[C@H]1O)OC. The Hall–Kier alpha value is -0.575. The molecule has 0 amide bonds. The lowest BCUT2D eigenvalue weighted by Crippen LogP contribution is -2.21. The van der Waals surface area contributed by atoms with Gasteiger partial charge in [-0.3, -0.25) is 0 Å². The van der Waals surface area contributed by atoms with E-state index in [9.17, 15) is 5.11 Å². The van der Waals surface area contributed by atoms with Crippen LogP contribution in [0.1, 0.15) is 39.0 Å². The highest BCUT2D eigenvalue weighted by molar-refractivity contribution is 6.12. The molecule has 1 aliphatic rings. The number of allylic oxidation sites excluding steroid dienone is 2. The normalized spacial score (nSPS) is 31.4. The summed E-state index contributed by atoms with van der Waals surface area (Å²) >= 11 is 0. The van der Waals surface area contributed by atoms with Crippen molar-refractivity contribution in [2.75, 3.05) is 14.2 Å². The zero-order chi connectivity index (χ0) is 15.7. The Bertz CT molecular complexity index is 330. The van der Waals surface area contributed by atoms with E-state index in [-0.39, 0.29) is 18.1 Å². The Morgan fingerprint density at radius 3 is 2.71 bits per heavy atom. The van der Waals surface area contributed by atoms with Crippen molar-refractivity contribution in [3.05, 3.63) is 24.3 Å². The van der Waals surface area contributed by atoms with E-state index in [0.29, 0.717) is 12.3 Å². The first-order chi connectivity index (χ1) is 10.1. The van der Waals surface area contributed by atoms with Gasteiger partial charge in [0.25, 0.3) is 0 Å². The fourth-order valence-electron chi connectivity index (χ4n) is 2.96. The molecule has 0 aromatic carbocycles. The maximum atomic E-state index is 10.3. The van der Waals surface area contributed by atoms with Crippen LogP contribution in [-0.4, -0.2) is 45.4 Å². The van der Waals surface area contributed by atoms with Gasteiger partial charge in [0, 0.05) is 32.6 Å². The Kier molecular flexibility index (Phi) is 8.97. The van der Waals surface area contributed by atoms with Crippen LogP contribution in [0, 0.1) is 11.8 Å². The summed E-state index contributed by atoms with van der Waals surface area (Å²) in [6, 6.07) is -0.417. The quantitative estimate of drug-likeness (QED) is 0.403. The lowest BCUT2D eigenvalue weighted by atomic mass is 9.88. The highest BCUT2D eigenvalue weighted by Gasteiger charge is 2.40. The minimum atomic E-state index is -0.417. The van der Waals surface area contributed by atoms with E-state index in [1.54, 1.807) is 14.2 Å². The number of hydrogen-bond acceptors (Lipinski definition) is 3. The summed E-state index contributed by atoms with van der Waals surface area (Å²) in [5.41, 5.74) is 0. The van der Waals surface area contributed by atoms with Crippen molar-refractivity contribution in [1.29, 1.82) is 0 Å². The van der Waals surface area contributed by atoms with Gasteiger partial charge in [0.2, 0.25) is 0 Å². The molecule has 0 bridgehead atoms. The largest absolute Gasteiger partial charge is 0.392 e. The number of ether oxygens (including phenoxy) is 2. The van der Waals surface area contributed by atoms with Crippen LogP contribution < -0.4 is 0 Å². The van der Waals surface area contributed by atoms with Gasteiger partial charge in [-0.15, -0.1) is 0 Å². The molecule has 3 nitrogen and oxygen atoms in total. The third-order valence-corrected chi connectivity index (χ3v) is 4.29. The number of rotatable bonds is 9. The molecule has 1 N–H and O–H groups in total. The van der Waals surface area contributed by atoms with E-state index in [0.717, 1.165) is 12.8 Å². The summed E-state index contributed by atoms with van der Waals surface area (Å²) in [6.45, 7) is 2.20. The highest BCUT2D eigenvalue weighted by atomic mass is 16.5. The van der Waals surface area contributed by atoms with E-state index >= 15 is 0 Å². The molecule has 0 aliphatic heterocycles. The molecule has 1 saturated carbocycles. The van der Waals surface area contributed by atoms with Gasteiger partial charge >= 0.3 is 0 Å². The van der Waals surface area contributed by atoms with E-state index in [1.165, 1.54) is 12.8 Å². The van der Waals surface area contributed by atoms with Crippen LogP contribution in [0.15, 0.2) is 24.3 Å². The number of aliphatic hydroxyl groups excluding tert-OH is 1. The second-order valence-corrected chi connectivity index (χ2v) is 5.75. The lowest BCUT2D eigenvalue weighted by Gasteiger charge is -2.21. The Balaban J connectivity index is 2.63. The predicted molar refractivity (Wildman–Crippen MR) is 87.4 cm³/mol. The second kappa shape index (κ2) is 10.2. The first-order valence-corrected chi connectivity index (χ1v) is 7.96. The summed E-state index contributed by atoms with van der Waals surface area (Å²) in [4.78, 5) is 0. The summed E-state index contributed by atoms with van der Waals surface area (Å²) < 4.78 is 10.6. The molecule has 0 saturated heterocycles. The number of hydrogen-bond donors (Lipinski definition) is 1. The molecule has 2 radical (unpaired) electrons. The molecular formula is C17H29BO3. The number of aliphatic hydroxyl groups is 1. The standard InChI is InChI=1S/C17H29BO3/c1-4-5-6-7-8-9-14-13(10-11-17(18)21-3)15(19)12-16(14)20-2/h7-8,10-11,13-17,19H,4-6,9,12H2,1-3H3/b8-7-,11-10?/t13-,14-,15-,16+,17?/m1/s1. The molecule has 118 valence electrons. The van der Waals surface area contributed by atoms with E-state index in [4.69, 9.17) is 17.3 Å². The summed E-state index contributed by atoms with van der Waals surface area (Å²) in [6.07, 6.45) is 13.2. The van der Waals surface area contributed by atoms with Crippen molar-refractivity contribution in [1.82, 2.24) is 0 Å².